The van der Waals surface area contributed by atoms with Crippen molar-refractivity contribution in [2.45, 2.75) is 13.0 Å². The number of hydrogen-bond donors (Lipinski definition) is 1. The Bertz CT molecular complexity index is 558. The summed E-state index contributed by atoms with van der Waals surface area (Å²) in [7, 11) is 0. The van der Waals surface area contributed by atoms with Crippen molar-refractivity contribution < 1.29 is 9.90 Å². The van der Waals surface area contributed by atoms with Crippen LogP contribution in [0.5, 0.6) is 0 Å². The van der Waals surface area contributed by atoms with Crippen LogP contribution in [0.4, 0.5) is 0 Å². The summed E-state index contributed by atoms with van der Waals surface area (Å²) in [6.07, 6.45) is 3.82. The number of carboxylic acids is 1. The van der Waals surface area contributed by atoms with Gasteiger partial charge in [0.2, 0.25) is 0 Å². The second-order valence-corrected chi connectivity index (χ2v) is 3.95. The number of aromatic nitrogens is 2. The molecule has 0 fully saturated rings. The molecule has 0 atom stereocenters. The molecule has 0 aliphatic heterocycles. The summed E-state index contributed by atoms with van der Waals surface area (Å²) in [6.45, 7) is 4.22. The predicted octanol–water partition coefficient (Wildman–Crippen LogP) is 2.36. The van der Waals surface area contributed by atoms with Crippen LogP contribution in [0.25, 0.3) is 0 Å². The Balaban J connectivity index is 2.37. The van der Waals surface area contributed by atoms with Gasteiger partial charge >= 0.3 is 5.97 Å². The van der Waals surface area contributed by atoms with Crippen molar-refractivity contribution in [2.75, 3.05) is 0 Å². The number of benzene rings is 1. The first kappa shape index (κ1) is 12.1. The quantitative estimate of drug-likeness (QED) is 0.819. The molecule has 4 nitrogen and oxygen atoms in total. The fourth-order valence-electron chi connectivity index (χ4n) is 1.86. The fourth-order valence-corrected chi connectivity index (χ4v) is 1.86. The number of carboxylic acid groups (broad SMARTS) is 1. The Kier molecular flexibility index (Phi) is 3.57. The predicted molar refractivity (Wildman–Crippen MR) is 68.6 cm³/mol. The van der Waals surface area contributed by atoms with Gasteiger partial charge in [-0.1, -0.05) is 36.4 Å². The van der Waals surface area contributed by atoms with Gasteiger partial charge in [-0.05, 0) is 5.56 Å². The van der Waals surface area contributed by atoms with Crippen molar-refractivity contribution in [3.63, 3.8) is 0 Å². The molecule has 2 rings (SSSR count). The number of rotatable bonds is 5. The molecule has 0 spiro atoms. The van der Waals surface area contributed by atoms with E-state index >= 15 is 0 Å². The van der Waals surface area contributed by atoms with E-state index in [9.17, 15) is 4.79 Å². The third kappa shape index (κ3) is 2.48. The molecule has 1 N–H and O–H groups in total. The summed E-state index contributed by atoms with van der Waals surface area (Å²) >= 11 is 0. The lowest BCUT2D eigenvalue weighted by molar-refractivity contribution is 0.0690. The van der Waals surface area contributed by atoms with Crippen LogP contribution in [-0.2, 0) is 13.0 Å². The van der Waals surface area contributed by atoms with Crippen molar-refractivity contribution in [1.29, 1.82) is 0 Å². The number of carbonyl (C=O) groups is 1. The zero-order valence-corrected chi connectivity index (χ0v) is 9.91. The first-order valence-corrected chi connectivity index (χ1v) is 5.64. The monoisotopic (exact) mass is 242 g/mol. The van der Waals surface area contributed by atoms with E-state index < -0.39 is 5.97 Å². The highest BCUT2D eigenvalue weighted by Gasteiger charge is 2.16. The molecule has 2 aromatic rings. The maximum Gasteiger partial charge on any atom is 0.356 e. The molecule has 1 aromatic heterocycles. The van der Waals surface area contributed by atoms with Crippen LogP contribution in [0.3, 0.4) is 0 Å². The third-order valence-corrected chi connectivity index (χ3v) is 2.69. The second-order valence-electron chi connectivity index (χ2n) is 3.95. The Morgan fingerprint density at radius 1 is 1.39 bits per heavy atom. The highest BCUT2D eigenvalue weighted by atomic mass is 16.4. The number of aromatic carboxylic acids is 1. The smallest absolute Gasteiger partial charge is 0.356 e. The third-order valence-electron chi connectivity index (χ3n) is 2.69. The van der Waals surface area contributed by atoms with Crippen LogP contribution in [0.1, 0.15) is 21.7 Å². The van der Waals surface area contributed by atoms with Gasteiger partial charge in [-0.3, -0.25) is 0 Å². The molecular weight excluding hydrogens is 228 g/mol. The summed E-state index contributed by atoms with van der Waals surface area (Å²) in [5.41, 5.74) is 1.88. The Morgan fingerprint density at radius 3 is 2.72 bits per heavy atom. The summed E-state index contributed by atoms with van der Waals surface area (Å²) in [5.74, 6) is -0.997. The van der Waals surface area contributed by atoms with Crippen LogP contribution in [0, 0.1) is 0 Å². The molecule has 0 aliphatic carbocycles. The molecule has 1 heterocycles. The van der Waals surface area contributed by atoms with Gasteiger partial charge in [-0.25, -0.2) is 9.78 Å². The van der Waals surface area contributed by atoms with Crippen LogP contribution < -0.4 is 0 Å². The summed E-state index contributed by atoms with van der Waals surface area (Å²) in [4.78, 5) is 15.1. The van der Waals surface area contributed by atoms with E-state index in [0.29, 0.717) is 18.7 Å². The van der Waals surface area contributed by atoms with E-state index in [4.69, 9.17) is 5.11 Å². The van der Waals surface area contributed by atoms with Gasteiger partial charge in [-0.15, -0.1) is 6.58 Å². The molecule has 0 amide bonds. The highest BCUT2D eigenvalue weighted by Crippen LogP contribution is 2.14. The molecule has 18 heavy (non-hydrogen) atoms. The van der Waals surface area contributed by atoms with Gasteiger partial charge < -0.3 is 9.67 Å². The SMILES string of the molecule is C=CCn1cnc(C(=O)O)c1Cc1ccccc1. The van der Waals surface area contributed by atoms with Gasteiger partial charge in [0.25, 0.3) is 0 Å². The standard InChI is InChI=1S/C14H14N2O2/c1-2-8-16-10-15-13(14(17)18)12(16)9-11-6-4-3-5-7-11/h2-7,10H,1,8-9H2,(H,17,18). The number of allylic oxidation sites excluding steroid dienone is 1. The van der Waals surface area contributed by atoms with E-state index in [-0.39, 0.29) is 5.69 Å². The zero-order valence-electron chi connectivity index (χ0n) is 9.91. The minimum Gasteiger partial charge on any atom is -0.476 e. The van der Waals surface area contributed by atoms with Gasteiger partial charge in [0.1, 0.15) is 0 Å². The Morgan fingerprint density at radius 2 is 2.11 bits per heavy atom. The molecule has 0 saturated heterocycles. The van der Waals surface area contributed by atoms with E-state index in [0.717, 1.165) is 5.56 Å². The van der Waals surface area contributed by atoms with E-state index in [2.05, 4.69) is 11.6 Å². The molecule has 92 valence electrons. The minimum absolute atomic E-state index is 0.112. The van der Waals surface area contributed by atoms with Crippen molar-refractivity contribution in [3.8, 4) is 0 Å². The van der Waals surface area contributed by atoms with Crippen molar-refractivity contribution >= 4 is 5.97 Å². The van der Waals surface area contributed by atoms with Crippen LogP contribution >= 0.6 is 0 Å². The van der Waals surface area contributed by atoms with Gasteiger partial charge in [0.05, 0.1) is 12.0 Å². The fraction of sp³-hybridized carbons (Fsp3) is 0.143. The number of nitrogens with zero attached hydrogens (tertiary/aromatic N) is 2. The van der Waals surface area contributed by atoms with E-state index in [1.807, 2.05) is 34.9 Å². The average molecular weight is 242 g/mol. The zero-order chi connectivity index (χ0) is 13.0. The molecule has 0 bridgehead atoms. The summed E-state index contributed by atoms with van der Waals surface area (Å²) < 4.78 is 1.81. The molecule has 0 aliphatic rings. The molecule has 0 saturated carbocycles. The summed E-state index contributed by atoms with van der Waals surface area (Å²) in [6, 6.07) is 9.74. The molecule has 0 unspecified atom stereocenters. The van der Waals surface area contributed by atoms with Gasteiger partial charge in [0.15, 0.2) is 5.69 Å². The van der Waals surface area contributed by atoms with Crippen molar-refractivity contribution in [1.82, 2.24) is 9.55 Å². The molecule has 1 aromatic carbocycles. The van der Waals surface area contributed by atoms with E-state index in [1.54, 1.807) is 12.4 Å². The number of hydrogen-bond acceptors (Lipinski definition) is 2. The average Bonchev–Trinajstić information content (AvgIpc) is 2.74. The normalized spacial score (nSPS) is 10.2. The lowest BCUT2D eigenvalue weighted by atomic mass is 10.1. The van der Waals surface area contributed by atoms with E-state index in [1.165, 1.54) is 0 Å². The Labute approximate surface area is 105 Å². The summed E-state index contributed by atoms with van der Waals surface area (Å²) in [5, 5.41) is 9.12. The van der Waals surface area contributed by atoms with Gasteiger partial charge in [0, 0.05) is 13.0 Å². The van der Waals surface area contributed by atoms with Gasteiger partial charge in [-0.2, -0.15) is 0 Å². The molecular formula is C14H14N2O2. The van der Waals surface area contributed by atoms with Crippen molar-refractivity contribution in [2.24, 2.45) is 0 Å². The van der Waals surface area contributed by atoms with Crippen LogP contribution in [0.2, 0.25) is 0 Å². The Hall–Kier alpha value is -2.36. The maximum absolute atomic E-state index is 11.1. The minimum atomic E-state index is -0.997. The second kappa shape index (κ2) is 5.31. The lowest BCUT2D eigenvalue weighted by Crippen LogP contribution is -2.07. The maximum atomic E-state index is 11.1. The first-order valence-electron chi connectivity index (χ1n) is 5.64. The van der Waals surface area contributed by atoms with Crippen LogP contribution in [0.15, 0.2) is 49.3 Å². The first-order chi connectivity index (χ1) is 8.72. The topological polar surface area (TPSA) is 55.1 Å². The number of imidazole rings is 1. The largest absolute Gasteiger partial charge is 0.476 e. The van der Waals surface area contributed by atoms with Crippen molar-refractivity contribution in [3.05, 3.63) is 66.3 Å². The lowest BCUT2D eigenvalue weighted by Gasteiger charge is -2.06. The van der Waals surface area contributed by atoms with Crippen LogP contribution in [-0.4, -0.2) is 20.6 Å². The molecule has 4 heteroatoms. The highest BCUT2D eigenvalue weighted by molar-refractivity contribution is 5.86. The molecule has 0 radical (unpaired) electrons.